The van der Waals surface area contributed by atoms with Gasteiger partial charge in [0.2, 0.25) is 10.9 Å². The molecule has 348 valence electrons. The van der Waals surface area contributed by atoms with Crippen molar-refractivity contribution in [1.29, 1.82) is 0 Å². The molecule has 15 nitrogen and oxygen atoms in total. The molecule has 4 aromatic heterocycles. The van der Waals surface area contributed by atoms with Gasteiger partial charge in [0.1, 0.15) is 28.4 Å². The van der Waals surface area contributed by atoms with Crippen molar-refractivity contribution < 1.29 is 38.4 Å². The van der Waals surface area contributed by atoms with Crippen LogP contribution in [0, 0.1) is 11.8 Å². The van der Waals surface area contributed by atoms with Crippen LogP contribution >= 0.6 is 0 Å². The number of nitrogens with zero attached hydrogens (tertiary/aromatic N) is 4. The van der Waals surface area contributed by atoms with E-state index in [1.54, 1.807) is 63.1 Å². The minimum atomic E-state index is -1.25. The monoisotopic (exact) mass is 917 g/mol. The molecular formula is C53H51N5O10. The Bertz CT molecular complexity index is 3060. The van der Waals surface area contributed by atoms with E-state index in [2.05, 4.69) is 15.3 Å². The maximum atomic E-state index is 14.2. The average molecular weight is 918 g/mol. The van der Waals surface area contributed by atoms with E-state index in [1.807, 2.05) is 63.9 Å². The van der Waals surface area contributed by atoms with Crippen LogP contribution in [0.3, 0.4) is 0 Å². The van der Waals surface area contributed by atoms with Crippen molar-refractivity contribution in [1.82, 2.24) is 19.1 Å². The van der Waals surface area contributed by atoms with E-state index in [-0.39, 0.29) is 16.9 Å². The lowest BCUT2D eigenvalue weighted by Gasteiger charge is -2.23. The molecule has 15 heteroatoms. The SMILES string of the molecule is COc1cc2nccc(Oc3ccc(NC(=O)c4cn(CC5CCOCC5)cc(-c5ccc(Cc6ccc(-c7cn(CC8CCOCC8)cc(C(=O)O)c7=O)cc6)cc5)c4=O)nc3)c2cc1OC. The number of anilines is 1. The highest BCUT2D eigenvalue weighted by Crippen LogP contribution is 2.37. The Morgan fingerprint density at radius 1 is 0.676 bits per heavy atom. The zero-order chi connectivity index (χ0) is 47.1. The molecule has 1 amide bonds. The first-order valence-corrected chi connectivity index (χ1v) is 22.6. The third kappa shape index (κ3) is 10.3. The summed E-state index contributed by atoms with van der Waals surface area (Å²) in [7, 11) is 3.12. The molecule has 0 bridgehead atoms. The molecule has 6 heterocycles. The Hall–Kier alpha value is -7.62. The summed E-state index contributed by atoms with van der Waals surface area (Å²) < 4.78 is 31.9. The third-order valence-corrected chi connectivity index (χ3v) is 12.6. The highest BCUT2D eigenvalue weighted by atomic mass is 16.5. The van der Waals surface area contributed by atoms with Crippen molar-refractivity contribution >= 4 is 28.6 Å². The van der Waals surface area contributed by atoms with E-state index >= 15 is 0 Å². The van der Waals surface area contributed by atoms with Gasteiger partial charge in [-0.1, -0.05) is 48.5 Å². The van der Waals surface area contributed by atoms with E-state index in [9.17, 15) is 24.3 Å². The zero-order valence-electron chi connectivity index (χ0n) is 37.8. The lowest BCUT2D eigenvalue weighted by atomic mass is 9.97. The first-order chi connectivity index (χ1) is 33.1. The van der Waals surface area contributed by atoms with Gasteiger partial charge in [0.05, 0.1) is 25.9 Å². The van der Waals surface area contributed by atoms with E-state index in [1.165, 1.54) is 12.4 Å². The van der Waals surface area contributed by atoms with Crippen LogP contribution in [0.5, 0.6) is 23.0 Å². The number of aromatic nitrogens is 4. The van der Waals surface area contributed by atoms with Crippen LogP contribution < -0.4 is 30.4 Å². The van der Waals surface area contributed by atoms with Crippen LogP contribution in [-0.4, -0.2) is 76.7 Å². The molecule has 2 aliphatic rings. The number of ether oxygens (including phenoxy) is 5. The number of fused-ring (bicyclic) bond motifs is 1. The predicted octanol–water partition coefficient (Wildman–Crippen LogP) is 8.49. The summed E-state index contributed by atoms with van der Waals surface area (Å²) >= 11 is 0. The maximum Gasteiger partial charge on any atom is 0.341 e. The van der Waals surface area contributed by atoms with Crippen LogP contribution in [0.25, 0.3) is 33.2 Å². The molecule has 0 spiro atoms. The summed E-state index contributed by atoms with van der Waals surface area (Å²) in [6.45, 7) is 3.89. The second kappa shape index (κ2) is 20.5. The average Bonchev–Trinajstić information content (AvgIpc) is 3.36. The number of methoxy groups -OCH3 is 2. The first kappa shape index (κ1) is 45.5. The van der Waals surface area contributed by atoms with Gasteiger partial charge in [-0.15, -0.1) is 0 Å². The molecule has 7 aromatic rings. The van der Waals surface area contributed by atoms with Gasteiger partial charge in [0.25, 0.3) is 5.91 Å². The number of rotatable bonds is 15. The van der Waals surface area contributed by atoms with E-state index in [0.29, 0.717) is 114 Å². The van der Waals surface area contributed by atoms with Gasteiger partial charge in [0, 0.05) is 93.1 Å². The molecule has 0 saturated carbocycles. The highest BCUT2D eigenvalue weighted by Gasteiger charge is 2.22. The Morgan fingerprint density at radius 2 is 1.22 bits per heavy atom. The van der Waals surface area contributed by atoms with Crippen LogP contribution in [-0.2, 0) is 29.0 Å². The summed E-state index contributed by atoms with van der Waals surface area (Å²) in [4.78, 5) is 62.4. The van der Waals surface area contributed by atoms with Crippen LogP contribution in [0.4, 0.5) is 5.82 Å². The largest absolute Gasteiger partial charge is 0.493 e. The first-order valence-electron chi connectivity index (χ1n) is 22.6. The standard InChI is InChI=1S/C53H51N5O10/c1-64-47-24-40-45(25-48(47)65-2)54-18-13-46(40)68-39-11-12-49(55-26-39)56-52(61)43-31-57(27-35-14-19-66-20-15-35)29-41(50(43)59)37-7-3-33(4-8-37)23-34-5-9-38(10-6-34)42-30-58(28-36-16-21-67-22-17-36)32-44(51(42)60)53(62)63/h3-13,18,24-26,29-32,35-36H,14-17,19-23,27-28H2,1-2H3,(H,62,63)(H,55,56,61). The molecule has 3 aromatic carbocycles. The lowest BCUT2D eigenvalue weighted by Crippen LogP contribution is -2.27. The van der Waals surface area contributed by atoms with Crippen molar-refractivity contribution in [3.63, 3.8) is 0 Å². The minimum Gasteiger partial charge on any atom is -0.493 e. The molecular weight excluding hydrogens is 867 g/mol. The number of amides is 1. The molecule has 2 fully saturated rings. The fourth-order valence-corrected chi connectivity index (χ4v) is 8.85. The number of carbonyl (C=O) groups excluding carboxylic acids is 1. The number of benzene rings is 3. The van der Waals surface area contributed by atoms with Crippen LogP contribution in [0.15, 0.2) is 126 Å². The smallest absolute Gasteiger partial charge is 0.341 e. The normalized spacial score (nSPS) is 14.4. The molecule has 9 rings (SSSR count). The van der Waals surface area contributed by atoms with E-state index in [0.717, 1.165) is 36.8 Å². The highest BCUT2D eigenvalue weighted by molar-refractivity contribution is 6.04. The van der Waals surface area contributed by atoms with Gasteiger partial charge < -0.3 is 43.2 Å². The van der Waals surface area contributed by atoms with Gasteiger partial charge in [-0.3, -0.25) is 19.4 Å². The fourth-order valence-electron chi connectivity index (χ4n) is 8.85. The van der Waals surface area contributed by atoms with Crippen LogP contribution in [0.1, 0.15) is 57.5 Å². The Labute approximate surface area is 391 Å². The van der Waals surface area contributed by atoms with Crippen molar-refractivity contribution in [3.8, 4) is 45.3 Å². The number of hydrogen-bond acceptors (Lipinski definition) is 11. The third-order valence-electron chi connectivity index (χ3n) is 12.6. The number of aromatic carboxylic acids is 1. The number of pyridine rings is 4. The molecule has 2 aliphatic heterocycles. The van der Waals surface area contributed by atoms with Gasteiger partial charge in [-0.2, -0.15) is 0 Å². The second-order valence-corrected chi connectivity index (χ2v) is 17.2. The van der Waals surface area contributed by atoms with Crippen molar-refractivity contribution in [3.05, 3.63) is 159 Å². The molecule has 0 aliphatic carbocycles. The summed E-state index contributed by atoms with van der Waals surface area (Å²) in [5.41, 5.74) is 3.45. The molecule has 0 atom stereocenters. The summed E-state index contributed by atoms with van der Waals surface area (Å²) in [6, 6.07) is 23.8. The second-order valence-electron chi connectivity index (χ2n) is 17.2. The number of nitrogens with one attached hydrogen (secondary N) is 1. The molecule has 0 unspecified atom stereocenters. The zero-order valence-corrected chi connectivity index (χ0v) is 37.8. The summed E-state index contributed by atoms with van der Waals surface area (Å²) in [5.74, 6) is 1.07. The molecule has 2 saturated heterocycles. The van der Waals surface area contributed by atoms with E-state index in [4.69, 9.17) is 23.7 Å². The lowest BCUT2D eigenvalue weighted by molar-refractivity contribution is 0.0609. The van der Waals surface area contributed by atoms with Gasteiger partial charge >= 0.3 is 5.97 Å². The number of carboxylic acid groups (broad SMARTS) is 1. The van der Waals surface area contributed by atoms with Crippen LogP contribution in [0.2, 0.25) is 0 Å². The Morgan fingerprint density at radius 3 is 1.75 bits per heavy atom. The van der Waals surface area contributed by atoms with E-state index < -0.39 is 22.7 Å². The van der Waals surface area contributed by atoms with Crippen molar-refractivity contribution in [2.24, 2.45) is 11.8 Å². The summed E-state index contributed by atoms with van der Waals surface area (Å²) in [5, 5.41) is 13.4. The molecule has 2 N–H and O–H groups in total. The number of hydrogen-bond donors (Lipinski definition) is 2. The van der Waals surface area contributed by atoms with Gasteiger partial charge in [-0.25, -0.2) is 9.78 Å². The minimum absolute atomic E-state index is 0.0160. The number of carboxylic acids is 1. The Balaban J connectivity index is 0.919. The van der Waals surface area contributed by atoms with Crippen molar-refractivity contribution in [2.45, 2.75) is 45.2 Å². The summed E-state index contributed by atoms with van der Waals surface area (Å²) in [6.07, 6.45) is 13.8. The molecule has 68 heavy (non-hydrogen) atoms. The quantitative estimate of drug-likeness (QED) is 0.100. The van der Waals surface area contributed by atoms with Gasteiger partial charge in [-0.05, 0) is 90.5 Å². The number of carbonyl (C=O) groups is 2. The van der Waals surface area contributed by atoms with Gasteiger partial charge in [0.15, 0.2) is 11.5 Å². The molecule has 0 radical (unpaired) electrons. The topological polar surface area (TPSA) is 182 Å². The maximum absolute atomic E-state index is 14.2. The predicted molar refractivity (Wildman–Crippen MR) is 256 cm³/mol. The van der Waals surface area contributed by atoms with Crippen molar-refractivity contribution in [2.75, 3.05) is 46.0 Å². The Kier molecular flexibility index (Phi) is 13.7. The fraction of sp³-hybridized carbons (Fsp3) is 0.283.